The van der Waals surface area contributed by atoms with E-state index in [1.807, 2.05) is 0 Å². The van der Waals surface area contributed by atoms with Crippen LogP contribution in [0, 0.1) is 0 Å². The second-order valence-electron chi connectivity index (χ2n) is 5.60. The van der Waals surface area contributed by atoms with Crippen molar-refractivity contribution >= 4 is 35.5 Å². The average molecular weight is 332 g/mol. The van der Waals surface area contributed by atoms with Crippen LogP contribution >= 0.6 is 23.5 Å². The van der Waals surface area contributed by atoms with Crippen LogP contribution < -0.4 is 5.32 Å². The van der Waals surface area contributed by atoms with Crippen LogP contribution in [0.5, 0.6) is 0 Å². The lowest BCUT2D eigenvalue weighted by Gasteiger charge is -2.30. The zero-order valence-electron chi connectivity index (χ0n) is 12.6. The van der Waals surface area contributed by atoms with Gasteiger partial charge in [0.05, 0.1) is 5.37 Å². The van der Waals surface area contributed by atoms with Crippen LogP contribution in [0.4, 0.5) is 4.79 Å². The Labute approximate surface area is 134 Å². The number of hydrogen-bond donors (Lipinski definition) is 2. The van der Waals surface area contributed by atoms with E-state index in [9.17, 15) is 14.7 Å². The molecule has 4 unspecified atom stereocenters. The number of carbonyl (C=O) groups excluding carboxylic acids is 1. The molecular formula is C14H24N2O3S2. The van der Waals surface area contributed by atoms with Crippen molar-refractivity contribution in [2.45, 2.75) is 61.7 Å². The van der Waals surface area contributed by atoms with Gasteiger partial charge in [-0.15, -0.1) is 11.8 Å². The van der Waals surface area contributed by atoms with Gasteiger partial charge < -0.3 is 10.4 Å². The first kappa shape index (κ1) is 16.8. The van der Waals surface area contributed by atoms with Crippen molar-refractivity contribution < 1.29 is 14.7 Å². The Morgan fingerprint density at radius 1 is 1.43 bits per heavy atom. The van der Waals surface area contributed by atoms with E-state index < -0.39 is 12.0 Å². The quantitative estimate of drug-likeness (QED) is 0.810. The highest BCUT2D eigenvalue weighted by Crippen LogP contribution is 2.33. The summed E-state index contributed by atoms with van der Waals surface area (Å²) in [6.07, 6.45) is 7.12. The molecule has 4 atom stereocenters. The molecule has 2 fully saturated rings. The van der Waals surface area contributed by atoms with E-state index in [0.717, 1.165) is 32.1 Å². The van der Waals surface area contributed by atoms with Gasteiger partial charge in [-0.3, -0.25) is 4.90 Å². The maximum atomic E-state index is 12.6. The third-order valence-electron chi connectivity index (χ3n) is 4.21. The molecule has 0 aromatic rings. The zero-order valence-corrected chi connectivity index (χ0v) is 14.2. The van der Waals surface area contributed by atoms with E-state index >= 15 is 0 Å². The van der Waals surface area contributed by atoms with Gasteiger partial charge >= 0.3 is 12.0 Å². The molecule has 1 aliphatic heterocycles. The van der Waals surface area contributed by atoms with Gasteiger partial charge in [0.25, 0.3) is 0 Å². The molecule has 0 aromatic carbocycles. The fourth-order valence-electron chi connectivity index (χ4n) is 3.10. The molecule has 1 saturated heterocycles. The van der Waals surface area contributed by atoms with E-state index in [2.05, 4.69) is 18.5 Å². The van der Waals surface area contributed by atoms with Crippen LogP contribution in [-0.2, 0) is 4.79 Å². The van der Waals surface area contributed by atoms with Crippen LogP contribution in [0.25, 0.3) is 0 Å². The van der Waals surface area contributed by atoms with Gasteiger partial charge in [-0.25, -0.2) is 9.59 Å². The van der Waals surface area contributed by atoms with Gasteiger partial charge in [-0.05, 0) is 25.5 Å². The third kappa shape index (κ3) is 3.80. The molecule has 0 bridgehead atoms. The van der Waals surface area contributed by atoms with Gasteiger partial charge in [0.1, 0.15) is 6.04 Å². The SMILES string of the molecule is CCCC1SCC(C(=O)O)N1C(=O)NC1CCCC1SC. The van der Waals surface area contributed by atoms with E-state index in [-0.39, 0.29) is 17.4 Å². The molecule has 1 saturated carbocycles. The molecule has 2 amide bonds. The number of amides is 2. The van der Waals surface area contributed by atoms with E-state index in [0.29, 0.717) is 11.0 Å². The molecule has 5 nitrogen and oxygen atoms in total. The normalized spacial score (nSPS) is 32.4. The van der Waals surface area contributed by atoms with Gasteiger partial charge in [-0.1, -0.05) is 19.8 Å². The first-order valence-electron chi connectivity index (χ1n) is 7.54. The molecule has 1 heterocycles. The Bertz CT molecular complexity index is 394. The topological polar surface area (TPSA) is 69.6 Å². The van der Waals surface area contributed by atoms with Gasteiger partial charge in [0, 0.05) is 17.0 Å². The van der Waals surface area contributed by atoms with Crippen molar-refractivity contribution in [3.8, 4) is 0 Å². The number of carboxylic acids is 1. The summed E-state index contributed by atoms with van der Waals surface area (Å²) in [5, 5.41) is 12.9. The van der Waals surface area contributed by atoms with Crippen LogP contribution in [0.2, 0.25) is 0 Å². The number of carboxylic acid groups (broad SMARTS) is 1. The number of carbonyl (C=O) groups is 2. The minimum absolute atomic E-state index is 0.00904. The highest BCUT2D eigenvalue weighted by Gasteiger charge is 2.42. The second kappa shape index (κ2) is 7.63. The molecule has 0 radical (unpaired) electrons. The molecule has 7 heteroatoms. The molecule has 2 N–H and O–H groups in total. The summed E-state index contributed by atoms with van der Waals surface area (Å²) in [5.41, 5.74) is 0. The molecule has 0 aromatic heterocycles. The maximum absolute atomic E-state index is 12.6. The van der Waals surface area contributed by atoms with Crippen molar-refractivity contribution in [3.63, 3.8) is 0 Å². The Morgan fingerprint density at radius 3 is 2.81 bits per heavy atom. The zero-order chi connectivity index (χ0) is 15.4. The maximum Gasteiger partial charge on any atom is 0.327 e. The van der Waals surface area contributed by atoms with Gasteiger partial charge in [0.2, 0.25) is 0 Å². The molecule has 21 heavy (non-hydrogen) atoms. The largest absolute Gasteiger partial charge is 0.480 e. The standard InChI is InChI=1S/C14H24N2O3S2/c1-3-5-12-16(10(8-21-12)13(17)18)14(19)15-9-6-4-7-11(9)20-2/h9-12H,3-8H2,1-2H3,(H,15,19)(H,17,18). The summed E-state index contributed by atoms with van der Waals surface area (Å²) in [4.78, 5) is 25.5. The lowest BCUT2D eigenvalue weighted by atomic mass is 10.2. The number of thioether (sulfide) groups is 2. The smallest absolute Gasteiger partial charge is 0.327 e. The molecule has 2 aliphatic rings. The lowest BCUT2D eigenvalue weighted by Crippen LogP contribution is -2.53. The minimum Gasteiger partial charge on any atom is -0.480 e. The fraction of sp³-hybridized carbons (Fsp3) is 0.857. The number of rotatable bonds is 5. The van der Waals surface area contributed by atoms with Crippen molar-refractivity contribution in [1.29, 1.82) is 0 Å². The van der Waals surface area contributed by atoms with Gasteiger partial charge in [0.15, 0.2) is 0 Å². The minimum atomic E-state index is -0.899. The monoisotopic (exact) mass is 332 g/mol. The van der Waals surface area contributed by atoms with Gasteiger partial charge in [-0.2, -0.15) is 11.8 Å². The number of aliphatic carboxylic acids is 1. The van der Waals surface area contributed by atoms with Crippen molar-refractivity contribution in [2.24, 2.45) is 0 Å². The highest BCUT2D eigenvalue weighted by molar-refractivity contribution is 8.00. The summed E-state index contributed by atoms with van der Waals surface area (Å²) >= 11 is 3.37. The molecule has 2 rings (SSSR count). The fourth-order valence-corrected chi connectivity index (χ4v) is 5.55. The number of nitrogens with one attached hydrogen (secondary N) is 1. The van der Waals surface area contributed by atoms with E-state index in [4.69, 9.17) is 0 Å². The Morgan fingerprint density at radius 2 is 2.19 bits per heavy atom. The summed E-state index contributed by atoms with van der Waals surface area (Å²) < 4.78 is 0. The molecule has 0 spiro atoms. The van der Waals surface area contributed by atoms with Crippen LogP contribution in [0.1, 0.15) is 39.0 Å². The summed E-state index contributed by atoms with van der Waals surface area (Å²) in [7, 11) is 0. The van der Waals surface area contributed by atoms with Crippen LogP contribution in [-0.4, -0.2) is 56.7 Å². The number of hydrogen-bond acceptors (Lipinski definition) is 4. The molecule has 120 valence electrons. The lowest BCUT2D eigenvalue weighted by molar-refractivity contribution is -0.141. The molecule has 1 aliphatic carbocycles. The average Bonchev–Trinajstić information content (AvgIpc) is 3.05. The highest BCUT2D eigenvalue weighted by atomic mass is 32.2. The number of nitrogens with zero attached hydrogens (tertiary/aromatic N) is 1. The first-order chi connectivity index (χ1) is 10.1. The summed E-state index contributed by atoms with van der Waals surface area (Å²) in [6.45, 7) is 2.06. The van der Waals surface area contributed by atoms with Crippen molar-refractivity contribution in [1.82, 2.24) is 10.2 Å². The predicted octanol–water partition coefficient (Wildman–Crippen LogP) is 2.61. The van der Waals surface area contributed by atoms with E-state index in [1.165, 1.54) is 0 Å². The second-order valence-corrected chi connectivity index (χ2v) is 7.89. The summed E-state index contributed by atoms with van der Waals surface area (Å²) in [5.74, 6) is -0.409. The number of urea groups is 1. The predicted molar refractivity (Wildman–Crippen MR) is 87.9 cm³/mol. The molecular weight excluding hydrogens is 308 g/mol. The Kier molecular flexibility index (Phi) is 6.10. The first-order valence-corrected chi connectivity index (χ1v) is 9.88. The third-order valence-corrected chi connectivity index (χ3v) is 6.74. The van der Waals surface area contributed by atoms with E-state index in [1.54, 1.807) is 28.4 Å². The van der Waals surface area contributed by atoms with Crippen molar-refractivity contribution in [3.05, 3.63) is 0 Å². The van der Waals surface area contributed by atoms with Crippen LogP contribution in [0.15, 0.2) is 0 Å². The van der Waals surface area contributed by atoms with Crippen molar-refractivity contribution in [2.75, 3.05) is 12.0 Å². The van der Waals surface area contributed by atoms with Crippen LogP contribution in [0.3, 0.4) is 0 Å². The summed E-state index contributed by atoms with van der Waals surface area (Å²) in [6, 6.07) is -0.715. The Balaban J connectivity index is 2.04. The Hall–Kier alpha value is -0.560.